The van der Waals surface area contributed by atoms with Crippen LogP contribution in [0.5, 0.6) is 0 Å². The molecule has 0 aliphatic heterocycles. The predicted molar refractivity (Wildman–Crippen MR) is 67.8 cm³/mol. The summed E-state index contributed by atoms with van der Waals surface area (Å²) >= 11 is 0. The van der Waals surface area contributed by atoms with E-state index < -0.39 is 6.10 Å². The molecule has 3 nitrogen and oxygen atoms in total. The molecule has 2 rings (SSSR count). The van der Waals surface area contributed by atoms with Gasteiger partial charge in [-0.2, -0.15) is 5.10 Å². The molecule has 90 valence electrons. The Bertz CT molecular complexity index is 517. The highest BCUT2D eigenvalue weighted by atomic mass is 16.3. The minimum atomic E-state index is -0.506. The molecule has 1 N–H and O–H groups in total. The lowest BCUT2D eigenvalue weighted by Crippen LogP contribution is -2.12. The maximum absolute atomic E-state index is 10.3. The highest BCUT2D eigenvalue weighted by Gasteiger charge is 2.12. The molecule has 0 spiro atoms. The van der Waals surface area contributed by atoms with Crippen LogP contribution in [0.25, 0.3) is 0 Å². The number of aryl methyl sites for hydroxylation is 3. The van der Waals surface area contributed by atoms with Crippen molar-refractivity contribution in [2.24, 2.45) is 0 Å². The van der Waals surface area contributed by atoms with Gasteiger partial charge in [0.15, 0.2) is 0 Å². The molecule has 17 heavy (non-hydrogen) atoms. The number of aliphatic hydroxyl groups excluding tert-OH is 1. The van der Waals surface area contributed by atoms with Gasteiger partial charge in [0.2, 0.25) is 0 Å². The molecule has 1 aromatic heterocycles. The van der Waals surface area contributed by atoms with Crippen LogP contribution in [0.2, 0.25) is 0 Å². The SMILES string of the molecule is Cc1ccc(C)c(C(O)Cn2nccc2C)c1. The molecule has 1 unspecified atom stereocenters. The molecule has 0 aliphatic carbocycles. The average molecular weight is 230 g/mol. The van der Waals surface area contributed by atoms with Crippen LogP contribution in [0.3, 0.4) is 0 Å². The monoisotopic (exact) mass is 230 g/mol. The van der Waals surface area contributed by atoms with E-state index in [-0.39, 0.29) is 0 Å². The van der Waals surface area contributed by atoms with Crippen LogP contribution in [-0.4, -0.2) is 14.9 Å². The Hall–Kier alpha value is -1.61. The van der Waals surface area contributed by atoms with E-state index in [4.69, 9.17) is 0 Å². The molecule has 0 radical (unpaired) electrons. The molecule has 1 atom stereocenters. The Labute approximate surface area is 102 Å². The van der Waals surface area contributed by atoms with E-state index in [1.54, 1.807) is 6.20 Å². The lowest BCUT2D eigenvalue weighted by molar-refractivity contribution is 0.150. The zero-order chi connectivity index (χ0) is 12.4. The van der Waals surface area contributed by atoms with Crippen molar-refractivity contribution in [1.82, 2.24) is 9.78 Å². The Balaban J connectivity index is 2.23. The molecule has 2 aromatic rings. The summed E-state index contributed by atoms with van der Waals surface area (Å²) in [7, 11) is 0. The fourth-order valence-electron chi connectivity index (χ4n) is 1.97. The van der Waals surface area contributed by atoms with E-state index in [1.165, 1.54) is 5.56 Å². The fraction of sp³-hybridized carbons (Fsp3) is 0.357. The summed E-state index contributed by atoms with van der Waals surface area (Å²) in [6.45, 7) is 6.55. The maximum Gasteiger partial charge on any atom is 0.0988 e. The van der Waals surface area contributed by atoms with E-state index in [1.807, 2.05) is 43.7 Å². The van der Waals surface area contributed by atoms with E-state index in [2.05, 4.69) is 11.2 Å². The summed E-state index contributed by atoms with van der Waals surface area (Å²) in [5, 5.41) is 14.5. The minimum Gasteiger partial charge on any atom is -0.386 e. The number of rotatable bonds is 3. The van der Waals surface area contributed by atoms with Crippen molar-refractivity contribution >= 4 is 0 Å². The molecule has 0 aliphatic rings. The summed E-state index contributed by atoms with van der Waals surface area (Å²) in [6.07, 6.45) is 1.25. The van der Waals surface area contributed by atoms with Gasteiger partial charge >= 0.3 is 0 Å². The summed E-state index contributed by atoms with van der Waals surface area (Å²) in [6, 6.07) is 8.09. The van der Waals surface area contributed by atoms with Crippen LogP contribution in [-0.2, 0) is 6.54 Å². The number of benzene rings is 1. The van der Waals surface area contributed by atoms with Crippen LogP contribution >= 0.6 is 0 Å². The van der Waals surface area contributed by atoms with Crippen LogP contribution in [0.15, 0.2) is 30.5 Å². The third-order valence-corrected chi connectivity index (χ3v) is 3.07. The normalized spacial score (nSPS) is 12.7. The highest BCUT2D eigenvalue weighted by Crippen LogP contribution is 2.20. The summed E-state index contributed by atoms with van der Waals surface area (Å²) in [5.41, 5.74) is 4.34. The second-order valence-electron chi connectivity index (χ2n) is 4.53. The minimum absolute atomic E-state index is 0.503. The molecule has 0 saturated heterocycles. The van der Waals surface area contributed by atoms with Gasteiger partial charge in [0.05, 0.1) is 12.6 Å². The van der Waals surface area contributed by atoms with Gasteiger partial charge in [0.1, 0.15) is 0 Å². The first-order valence-corrected chi connectivity index (χ1v) is 5.81. The third kappa shape index (κ3) is 2.56. The van der Waals surface area contributed by atoms with E-state index in [0.717, 1.165) is 16.8 Å². The van der Waals surface area contributed by atoms with Crippen molar-refractivity contribution in [1.29, 1.82) is 0 Å². The molecule has 0 fully saturated rings. The summed E-state index contributed by atoms with van der Waals surface area (Å²) in [4.78, 5) is 0. The molecule has 1 heterocycles. The van der Waals surface area contributed by atoms with Gasteiger partial charge in [-0.3, -0.25) is 4.68 Å². The average Bonchev–Trinajstić information content (AvgIpc) is 2.68. The first kappa shape index (κ1) is 11.9. The Kier molecular flexibility index (Phi) is 3.29. The van der Waals surface area contributed by atoms with Gasteiger partial charge in [-0.15, -0.1) is 0 Å². The van der Waals surface area contributed by atoms with Gasteiger partial charge in [0, 0.05) is 11.9 Å². The molecule has 1 aromatic carbocycles. The van der Waals surface area contributed by atoms with Crippen molar-refractivity contribution in [3.05, 3.63) is 52.8 Å². The highest BCUT2D eigenvalue weighted by molar-refractivity contribution is 5.32. The standard InChI is InChI=1S/C14H18N2O/c1-10-4-5-11(2)13(8-10)14(17)9-16-12(3)6-7-15-16/h4-8,14,17H,9H2,1-3H3. The number of aliphatic hydroxyl groups is 1. The topological polar surface area (TPSA) is 38.0 Å². The van der Waals surface area contributed by atoms with Crippen molar-refractivity contribution in [2.75, 3.05) is 0 Å². The zero-order valence-electron chi connectivity index (χ0n) is 10.5. The summed E-state index contributed by atoms with van der Waals surface area (Å²) < 4.78 is 1.83. The zero-order valence-corrected chi connectivity index (χ0v) is 10.5. The van der Waals surface area contributed by atoms with Crippen molar-refractivity contribution in [3.63, 3.8) is 0 Å². The van der Waals surface area contributed by atoms with Crippen LogP contribution in [0.4, 0.5) is 0 Å². The Morgan fingerprint density at radius 3 is 2.65 bits per heavy atom. The quantitative estimate of drug-likeness (QED) is 0.880. The Morgan fingerprint density at radius 1 is 1.24 bits per heavy atom. The first-order valence-electron chi connectivity index (χ1n) is 5.81. The van der Waals surface area contributed by atoms with Gasteiger partial charge in [0.25, 0.3) is 0 Å². The van der Waals surface area contributed by atoms with E-state index in [9.17, 15) is 5.11 Å². The predicted octanol–water partition coefficient (Wildman–Crippen LogP) is 2.54. The van der Waals surface area contributed by atoms with Crippen LogP contribution in [0.1, 0.15) is 28.5 Å². The van der Waals surface area contributed by atoms with Gasteiger partial charge in [-0.05, 0) is 38.0 Å². The van der Waals surface area contributed by atoms with E-state index >= 15 is 0 Å². The molecule has 0 amide bonds. The number of hydrogen-bond acceptors (Lipinski definition) is 2. The second kappa shape index (κ2) is 4.72. The molecule has 0 bridgehead atoms. The third-order valence-electron chi connectivity index (χ3n) is 3.07. The van der Waals surface area contributed by atoms with Crippen molar-refractivity contribution < 1.29 is 5.11 Å². The molecular weight excluding hydrogens is 212 g/mol. The molecule has 0 saturated carbocycles. The Morgan fingerprint density at radius 2 is 2.00 bits per heavy atom. The largest absolute Gasteiger partial charge is 0.386 e. The van der Waals surface area contributed by atoms with Crippen LogP contribution < -0.4 is 0 Å². The number of hydrogen-bond donors (Lipinski definition) is 1. The van der Waals surface area contributed by atoms with Gasteiger partial charge < -0.3 is 5.11 Å². The molecule has 3 heteroatoms. The first-order chi connectivity index (χ1) is 8.08. The van der Waals surface area contributed by atoms with E-state index in [0.29, 0.717) is 6.54 Å². The lowest BCUT2D eigenvalue weighted by atomic mass is 10.0. The van der Waals surface area contributed by atoms with Crippen LogP contribution in [0, 0.1) is 20.8 Å². The maximum atomic E-state index is 10.3. The van der Waals surface area contributed by atoms with Crippen molar-refractivity contribution in [3.8, 4) is 0 Å². The van der Waals surface area contributed by atoms with Gasteiger partial charge in [-0.1, -0.05) is 23.8 Å². The second-order valence-corrected chi connectivity index (χ2v) is 4.53. The molecular formula is C14H18N2O. The summed E-state index contributed by atoms with van der Waals surface area (Å²) in [5.74, 6) is 0. The number of nitrogens with zero attached hydrogens (tertiary/aromatic N) is 2. The smallest absolute Gasteiger partial charge is 0.0988 e. The van der Waals surface area contributed by atoms with Crippen molar-refractivity contribution in [2.45, 2.75) is 33.4 Å². The lowest BCUT2D eigenvalue weighted by Gasteiger charge is -2.15. The fourth-order valence-corrected chi connectivity index (χ4v) is 1.97. The number of aromatic nitrogens is 2. The van der Waals surface area contributed by atoms with Gasteiger partial charge in [-0.25, -0.2) is 0 Å².